The molecule has 2 heterocycles. The summed E-state index contributed by atoms with van der Waals surface area (Å²) in [6.45, 7) is 9.42. The first-order valence-electron chi connectivity index (χ1n) is 14.4. The molecule has 216 valence electrons. The number of hydrogen-bond acceptors (Lipinski definition) is 4. The molecule has 2 aliphatic rings. The molecule has 2 aliphatic heterocycles. The number of rotatable bonds is 5. The number of carbonyl (C=O) groups is 1. The first-order chi connectivity index (χ1) is 20.2. The van der Waals surface area contributed by atoms with Crippen molar-refractivity contribution >= 4 is 14.6 Å². The lowest BCUT2D eigenvalue weighted by molar-refractivity contribution is 0.180. The largest absolute Gasteiger partial charge is 0.427 e. The molecule has 0 radical (unpaired) electrons. The molecule has 1 fully saturated rings. The molecule has 0 aromatic heterocycles. The van der Waals surface area contributed by atoms with Gasteiger partial charge >= 0.3 is 14.6 Å². The van der Waals surface area contributed by atoms with E-state index in [1.165, 1.54) is 22.3 Å². The highest BCUT2D eigenvalue weighted by molar-refractivity contribution is 7.45. The lowest BCUT2D eigenvalue weighted by Crippen LogP contribution is -2.32. The van der Waals surface area contributed by atoms with Gasteiger partial charge in [-0.2, -0.15) is 0 Å². The van der Waals surface area contributed by atoms with Gasteiger partial charge in [0.1, 0.15) is 11.5 Å². The Morgan fingerprint density at radius 3 is 1.40 bits per heavy atom. The Labute approximate surface area is 250 Å². The monoisotopic (exact) mass is 579 g/mol. The van der Waals surface area contributed by atoms with Crippen molar-refractivity contribution in [3.63, 3.8) is 0 Å². The molecular weight excluding hydrogens is 541 g/mol. The molecule has 0 saturated carbocycles. The van der Waals surface area contributed by atoms with Gasteiger partial charge in [0.25, 0.3) is 0 Å². The third-order valence-electron chi connectivity index (χ3n) is 7.89. The van der Waals surface area contributed by atoms with Gasteiger partial charge in [-0.05, 0) is 65.0 Å². The van der Waals surface area contributed by atoms with Crippen LogP contribution in [0.3, 0.4) is 0 Å². The maximum atomic E-state index is 14.7. The maximum Gasteiger partial charge on any atom is 0.384 e. The normalized spacial score (nSPS) is 18.4. The summed E-state index contributed by atoms with van der Waals surface area (Å²) in [7, 11) is 2.51. The fourth-order valence-corrected chi connectivity index (χ4v) is 7.46. The van der Waals surface area contributed by atoms with Gasteiger partial charge in [-0.1, -0.05) is 95.1 Å². The zero-order valence-corrected chi connectivity index (χ0v) is 26.1. The molecule has 6 nitrogen and oxygen atoms in total. The topological polar surface area (TPSA) is 45.2 Å². The van der Waals surface area contributed by atoms with E-state index in [2.05, 4.69) is 76.2 Å². The summed E-state index contributed by atoms with van der Waals surface area (Å²) >= 11 is 0. The van der Waals surface area contributed by atoms with Crippen LogP contribution in [-0.4, -0.2) is 34.6 Å². The number of urea groups is 1. The van der Waals surface area contributed by atoms with Gasteiger partial charge in [0, 0.05) is 24.2 Å². The third-order valence-corrected chi connectivity index (χ3v) is 9.24. The summed E-state index contributed by atoms with van der Waals surface area (Å²) in [6, 6.07) is 28.7. The average molecular weight is 580 g/mol. The zero-order chi connectivity index (χ0) is 29.5. The van der Waals surface area contributed by atoms with Crippen LogP contribution in [-0.2, 0) is 13.1 Å². The second-order valence-corrected chi connectivity index (χ2v) is 13.4. The molecular formula is C35H38N3O3P. The van der Waals surface area contributed by atoms with Crippen molar-refractivity contribution < 1.29 is 13.8 Å². The first kappa shape index (κ1) is 28.3. The van der Waals surface area contributed by atoms with E-state index in [0.29, 0.717) is 13.1 Å². The van der Waals surface area contributed by atoms with Crippen LogP contribution in [0.5, 0.6) is 11.5 Å². The van der Waals surface area contributed by atoms with Crippen molar-refractivity contribution in [3.05, 3.63) is 129 Å². The van der Waals surface area contributed by atoms with Gasteiger partial charge in [0.15, 0.2) is 0 Å². The summed E-state index contributed by atoms with van der Waals surface area (Å²) in [5.74, 6) is 1.48. The van der Waals surface area contributed by atoms with E-state index in [1.54, 1.807) is 0 Å². The summed E-state index contributed by atoms with van der Waals surface area (Å²) in [5, 5.41) is 0. The molecule has 1 saturated heterocycles. The Hall–Kier alpha value is -3.86. The Morgan fingerprint density at radius 1 is 0.643 bits per heavy atom. The standard InChI is InChI=1S/C35H38N3O3P/c1-23-15-24(2)18-27(17-23)21-37-33-29-11-7-9-13-31(29)40-42(36(5)6)41-32-14-10-8-12-30(32)34(33)38(35(37)39)22-28-19-25(3)16-26(4)20-28/h7-20,33-34H,21-22H2,1-6H3/t33-,34-/m1/s1. The van der Waals surface area contributed by atoms with Crippen molar-refractivity contribution in [1.29, 1.82) is 0 Å². The van der Waals surface area contributed by atoms with Gasteiger partial charge in [-0.25, -0.2) is 9.46 Å². The third kappa shape index (κ3) is 5.49. The predicted molar refractivity (Wildman–Crippen MR) is 169 cm³/mol. The van der Waals surface area contributed by atoms with E-state index in [1.807, 2.05) is 65.0 Å². The molecule has 4 aromatic rings. The van der Waals surface area contributed by atoms with Crippen molar-refractivity contribution in [2.75, 3.05) is 14.1 Å². The minimum absolute atomic E-state index is 0.00312. The Balaban J connectivity index is 1.56. The van der Waals surface area contributed by atoms with Crippen molar-refractivity contribution in [2.24, 2.45) is 0 Å². The molecule has 6 rings (SSSR count). The van der Waals surface area contributed by atoms with E-state index in [-0.39, 0.29) is 18.1 Å². The molecule has 0 bridgehead atoms. The SMILES string of the molecule is Cc1cc(C)cc(CN2C(=O)N(Cc3cc(C)cc(C)c3)[C@@H]3c4ccccc4OP(N(C)C)Oc4ccccc4[C@H]32)c1. The molecule has 0 aliphatic carbocycles. The number of amides is 2. The highest BCUT2D eigenvalue weighted by Gasteiger charge is 2.50. The van der Waals surface area contributed by atoms with Gasteiger partial charge in [0.2, 0.25) is 0 Å². The number of hydrogen-bond donors (Lipinski definition) is 0. The highest BCUT2D eigenvalue weighted by Crippen LogP contribution is 2.55. The van der Waals surface area contributed by atoms with Gasteiger partial charge in [-0.3, -0.25) is 0 Å². The van der Waals surface area contributed by atoms with Gasteiger partial charge < -0.3 is 18.8 Å². The molecule has 2 amide bonds. The van der Waals surface area contributed by atoms with Gasteiger partial charge in [-0.15, -0.1) is 0 Å². The molecule has 0 spiro atoms. The second kappa shape index (κ2) is 11.4. The number of benzene rings is 4. The molecule has 2 atom stereocenters. The van der Waals surface area contributed by atoms with Crippen molar-refractivity contribution in [3.8, 4) is 11.5 Å². The predicted octanol–water partition coefficient (Wildman–Crippen LogP) is 8.40. The second-order valence-electron chi connectivity index (χ2n) is 11.8. The summed E-state index contributed by atoms with van der Waals surface area (Å²) in [6.07, 6.45) is 0. The van der Waals surface area contributed by atoms with E-state index in [0.717, 1.165) is 33.8 Å². The van der Waals surface area contributed by atoms with E-state index in [9.17, 15) is 4.79 Å². The van der Waals surface area contributed by atoms with Crippen LogP contribution in [0.15, 0.2) is 84.9 Å². The van der Waals surface area contributed by atoms with Crippen LogP contribution in [0.4, 0.5) is 4.79 Å². The van der Waals surface area contributed by atoms with Crippen LogP contribution in [0.2, 0.25) is 0 Å². The molecule has 7 heteroatoms. The fraction of sp³-hybridized carbons (Fsp3) is 0.286. The Bertz CT molecular complexity index is 1480. The van der Waals surface area contributed by atoms with E-state index in [4.69, 9.17) is 9.05 Å². The van der Waals surface area contributed by atoms with Crippen LogP contribution >= 0.6 is 8.53 Å². The smallest absolute Gasteiger partial charge is 0.384 e. The van der Waals surface area contributed by atoms with Crippen LogP contribution in [0, 0.1) is 27.7 Å². The number of aryl methyl sites for hydroxylation is 4. The van der Waals surface area contributed by atoms with Crippen LogP contribution < -0.4 is 9.05 Å². The van der Waals surface area contributed by atoms with Crippen LogP contribution in [0.1, 0.15) is 56.6 Å². The summed E-state index contributed by atoms with van der Waals surface area (Å²) in [4.78, 5) is 18.8. The van der Waals surface area contributed by atoms with E-state index >= 15 is 0 Å². The Morgan fingerprint density at radius 2 is 1.02 bits per heavy atom. The Kier molecular flexibility index (Phi) is 7.69. The molecule has 0 unspecified atom stereocenters. The average Bonchev–Trinajstić information content (AvgIpc) is 3.20. The summed E-state index contributed by atoms with van der Waals surface area (Å²) in [5.41, 5.74) is 8.96. The lowest BCUT2D eigenvalue weighted by Gasteiger charge is -2.30. The quantitative estimate of drug-likeness (QED) is 0.223. The minimum Gasteiger partial charge on any atom is -0.427 e. The number of carbonyl (C=O) groups excluding carboxylic acids is 1. The van der Waals surface area contributed by atoms with Crippen molar-refractivity contribution in [1.82, 2.24) is 14.5 Å². The van der Waals surface area contributed by atoms with E-state index < -0.39 is 8.53 Å². The summed E-state index contributed by atoms with van der Waals surface area (Å²) < 4.78 is 15.2. The number of para-hydroxylation sites is 2. The minimum atomic E-state index is -1.43. The van der Waals surface area contributed by atoms with Crippen molar-refractivity contribution in [2.45, 2.75) is 52.9 Å². The number of fused-ring (bicyclic) bond motifs is 5. The van der Waals surface area contributed by atoms with Gasteiger partial charge in [0.05, 0.1) is 12.1 Å². The maximum absolute atomic E-state index is 14.7. The van der Waals surface area contributed by atoms with Crippen LogP contribution in [0.25, 0.3) is 0 Å². The molecule has 42 heavy (non-hydrogen) atoms. The highest BCUT2D eigenvalue weighted by atomic mass is 31.2. The number of nitrogens with zero attached hydrogens (tertiary/aromatic N) is 3. The molecule has 4 aromatic carbocycles. The fourth-order valence-electron chi connectivity index (χ4n) is 6.43. The molecule has 0 N–H and O–H groups in total. The lowest BCUT2D eigenvalue weighted by atomic mass is 9.91. The first-order valence-corrected chi connectivity index (χ1v) is 15.5. The zero-order valence-electron chi connectivity index (χ0n) is 25.2.